The Balaban J connectivity index is 1.84. The van der Waals surface area contributed by atoms with E-state index in [1.165, 1.54) is 0 Å². The topological polar surface area (TPSA) is 82.0 Å². The summed E-state index contributed by atoms with van der Waals surface area (Å²) in [5.74, 6) is 0.0327. The lowest BCUT2D eigenvalue weighted by atomic mass is 9.81. The molecular weight excluding hydrogens is 302 g/mol. The van der Waals surface area contributed by atoms with Crippen LogP contribution in [0.1, 0.15) is 52.0 Å². The van der Waals surface area contributed by atoms with Crippen LogP contribution >= 0.6 is 0 Å². The average Bonchev–Trinajstić information content (AvgIpc) is 2.54. The monoisotopic (exact) mass is 327 g/mol. The number of nitrogens with one attached hydrogen (secondary N) is 2. The SMILES string of the molecule is CC(C)(C)NC(=O)C1CCC(C(=O)Nc2ccc(C#N)cc2)CC1. The van der Waals surface area contributed by atoms with Gasteiger partial charge in [-0.3, -0.25) is 9.59 Å². The molecule has 0 spiro atoms. The van der Waals surface area contributed by atoms with E-state index in [1.54, 1.807) is 24.3 Å². The smallest absolute Gasteiger partial charge is 0.227 e. The van der Waals surface area contributed by atoms with Gasteiger partial charge in [-0.15, -0.1) is 0 Å². The molecule has 1 fully saturated rings. The van der Waals surface area contributed by atoms with Crippen LogP contribution in [0.15, 0.2) is 24.3 Å². The number of benzene rings is 1. The van der Waals surface area contributed by atoms with Crippen molar-refractivity contribution in [3.63, 3.8) is 0 Å². The van der Waals surface area contributed by atoms with Gasteiger partial charge in [-0.2, -0.15) is 5.26 Å². The molecule has 0 aromatic heterocycles. The fourth-order valence-corrected chi connectivity index (χ4v) is 2.96. The number of anilines is 1. The molecule has 1 aromatic carbocycles. The van der Waals surface area contributed by atoms with E-state index < -0.39 is 0 Å². The summed E-state index contributed by atoms with van der Waals surface area (Å²) in [6.45, 7) is 5.92. The van der Waals surface area contributed by atoms with Crippen LogP contribution in [0.25, 0.3) is 0 Å². The van der Waals surface area contributed by atoms with Gasteiger partial charge in [-0.05, 0) is 70.7 Å². The van der Waals surface area contributed by atoms with E-state index in [-0.39, 0.29) is 29.2 Å². The molecule has 2 amide bonds. The lowest BCUT2D eigenvalue weighted by Crippen LogP contribution is -2.45. The third-order valence-corrected chi connectivity index (χ3v) is 4.25. The number of hydrogen-bond donors (Lipinski definition) is 2. The van der Waals surface area contributed by atoms with Gasteiger partial charge < -0.3 is 10.6 Å². The predicted octanol–water partition coefficient (Wildman–Crippen LogP) is 3.22. The van der Waals surface area contributed by atoms with Crippen LogP contribution in [-0.2, 0) is 9.59 Å². The first-order chi connectivity index (χ1) is 11.3. The van der Waals surface area contributed by atoms with Crippen molar-refractivity contribution in [2.45, 2.75) is 52.0 Å². The Bertz CT molecular complexity index is 630. The van der Waals surface area contributed by atoms with E-state index >= 15 is 0 Å². The highest BCUT2D eigenvalue weighted by atomic mass is 16.2. The molecule has 1 saturated carbocycles. The summed E-state index contributed by atoms with van der Waals surface area (Å²) in [7, 11) is 0. The highest BCUT2D eigenvalue weighted by Crippen LogP contribution is 2.30. The van der Waals surface area contributed by atoms with Gasteiger partial charge in [-0.1, -0.05) is 0 Å². The second-order valence-electron chi connectivity index (χ2n) is 7.47. The van der Waals surface area contributed by atoms with Gasteiger partial charge >= 0.3 is 0 Å². The van der Waals surface area contributed by atoms with Crippen LogP contribution in [0.4, 0.5) is 5.69 Å². The maximum Gasteiger partial charge on any atom is 0.227 e. The van der Waals surface area contributed by atoms with Crippen molar-refractivity contribution in [1.29, 1.82) is 5.26 Å². The number of nitrogens with zero attached hydrogens (tertiary/aromatic N) is 1. The zero-order valence-corrected chi connectivity index (χ0v) is 14.6. The molecule has 1 aliphatic rings. The number of carbonyl (C=O) groups excluding carboxylic acids is 2. The second kappa shape index (κ2) is 7.48. The average molecular weight is 327 g/mol. The first-order valence-corrected chi connectivity index (χ1v) is 8.41. The second-order valence-corrected chi connectivity index (χ2v) is 7.47. The Hall–Kier alpha value is -2.35. The Morgan fingerprint density at radius 2 is 1.50 bits per heavy atom. The summed E-state index contributed by atoms with van der Waals surface area (Å²) in [4.78, 5) is 24.6. The van der Waals surface area contributed by atoms with Gasteiger partial charge in [0.1, 0.15) is 0 Å². The molecule has 0 atom stereocenters. The Morgan fingerprint density at radius 3 is 1.96 bits per heavy atom. The number of nitriles is 1. The zero-order chi connectivity index (χ0) is 17.7. The lowest BCUT2D eigenvalue weighted by molar-refractivity contribution is -0.129. The van der Waals surface area contributed by atoms with Crippen molar-refractivity contribution in [2.24, 2.45) is 11.8 Å². The minimum atomic E-state index is -0.221. The van der Waals surface area contributed by atoms with E-state index in [1.807, 2.05) is 20.8 Å². The summed E-state index contributed by atoms with van der Waals surface area (Å²) in [5, 5.41) is 14.7. The molecule has 5 nitrogen and oxygen atoms in total. The van der Waals surface area contributed by atoms with E-state index in [0.717, 1.165) is 25.7 Å². The van der Waals surface area contributed by atoms with E-state index in [0.29, 0.717) is 11.3 Å². The summed E-state index contributed by atoms with van der Waals surface area (Å²) < 4.78 is 0. The molecule has 128 valence electrons. The van der Waals surface area contributed by atoms with Crippen LogP contribution in [0.5, 0.6) is 0 Å². The lowest BCUT2D eigenvalue weighted by Gasteiger charge is -2.30. The third kappa shape index (κ3) is 5.09. The van der Waals surface area contributed by atoms with Gasteiger partial charge in [0, 0.05) is 23.1 Å². The summed E-state index contributed by atoms with van der Waals surface area (Å²) in [6, 6.07) is 8.89. The first-order valence-electron chi connectivity index (χ1n) is 8.41. The van der Waals surface area contributed by atoms with Crippen molar-refractivity contribution in [3.05, 3.63) is 29.8 Å². The van der Waals surface area contributed by atoms with E-state index in [4.69, 9.17) is 5.26 Å². The fraction of sp³-hybridized carbons (Fsp3) is 0.526. The van der Waals surface area contributed by atoms with Crippen LogP contribution in [0.3, 0.4) is 0 Å². The van der Waals surface area contributed by atoms with Gasteiger partial charge in [-0.25, -0.2) is 0 Å². The summed E-state index contributed by atoms with van der Waals surface area (Å²) in [6.07, 6.45) is 2.94. The van der Waals surface area contributed by atoms with Crippen molar-refractivity contribution in [3.8, 4) is 6.07 Å². The maximum absolute atomic E-state index is 12.4. The molecule has 0 aliphatic heterocycles. The minimum Gasteiger partial charge on any atom is -0.351 e. The van der Waals surface area contributed by atoms with Crippen molar-refractivity contribution in [1.82, 2.24) is 5.32 Å². The van der Waals surface area contributed by atoms with Crippen LogP contribution < -0.4 is 10.6 Å². The van der Waals surface area contributed by atoms with Crippen LogP contribution in [0, 0.1) is 23.2 Å². The Labute approximate surface area is 143 Å². The molecule has 0 bridgehead atoms. The van der Waals surface area contributed by atoms with E-state index in [9.17, 15) is 9.59 Å². The molecule has 5 heteroatoms. The third-order valence-electron chi connectivity index (χ3n) is 4.25. The zero-order valence-electron chi connectivity index (χ0n) is 14.6. The first kappa shape index (κ1) is 18.0. The number of rotatable bonds is 3. The molecule has 0 radical (unpaired) electrons. The molecule has 0 heterocycles. The summed E-state index contributed by atoms with van der Waals surface area (Å²) in [5.41, 5.74) is 1.05. The van der Waals surface area contributed by atoms with Crippen LogP contribution in [-0.4, -0.2) is 17.4 Å². The molecular formula is C19H25N3O2. The summed E-state index contributed by atoms with van der Waals surface area (Å²) >= 11 is 0. The van der Waals surface area contributed by atoms with Crippen LogP contribution in [0.2, 0.25) is 0 Å². The number of amides is 2. The highest BCUT2D eigenvalue weighted by molar-refractivity contribution is 5.92. The Morgan fingerprint density at radius 1 is 1.00 bits per heavy atom. The maximum atomic E-state index is 12.4. The molecule has 2 rings (SSSR count). The largest absolute Gasteiger partial charge is 0.351 e. The minimum absolute atomic E-state index is 0.00295. The predicted molar refractivity (Wildman–Crippen MR) is 93.1 cm³/mol. The molecule has 1 aliphatic carbocycles. The molecule has 0 unspecified atom stereocenters. The molecule has 24 heavy (non-hydrogen) atoms. The molecule has 2 N–H and O–H groups in total. The normalized spacial score (nSPS) is 20.8. The van der Waals surface area contributed by atoms with Gasteiger partial charge in [0.25, 0.3) is 0 Å². The van der Waals surface area contributed by atoms with Gasteiger partial charge in [0.15, 0.2) is 0 Å². The van der Waals surface area contributed by atoms with Gasteiger partial charge in [0.05, 0.1) is 11.6 Å². The van der Waals surface area contributed by atoms with E-state index in [2.05, 4.69) is 16.7 Å². The highest BCUT2D eigenvalue weighted by Gasteiger charge is 2.31. The fourth-order valence-electron chi connectivity index (χ4n) is 2.96. The van der Waals surface area contributed by atoms with Crippen molar-refractivity contribution >= 4 is 17.5 Å². The standard InChI is InChI=1S/C19H25N3O2/c1-19(2,3)22-18(24)15-8-6-14(7-9-15)17(23)21-16-10-4-13(12-20)5-11-16/h4-5,10-11,14-15H,6-9H2,1-3H3,(H,21,23)(H,22,24). The number of hydrogen-bond acceptors (Lipinski definition) is 3. The quantitative estimate of drug-likeness (QED) is 0.894. The Kier molecular flexibility index (Phi) is 5.61. The number of carbonyl (C=O) groups is 2. The van der Waals surface area contributed by atoms with Crippen molar-refractivity contribution in [2.75, 3.05) is 5.32 Å². The van der Waals surface area contributed by atoms with Crippen molar-refractivity contribution < 1.29 is 9.59 Å². The molecule has 0 saturated heterocycles. The molecule has 1 aromatic rings. The van der Waals surface area contributed by atoms with Gasteiger partial charge in [0.2, 0.25) is 11.8 Å².